The fraction of sp³-hybridized carbons (Fsp3) is 0.571. The molecule has 112 valence electrons. The molecular formula is C14H21BrN2O2S. The first kappa shape index (κ1) is 15.9. The Morgan fingerprint density at radius 3 is 2.60 bits per heavy atom. The molecule has 0 aromatic heterocycles. The minimum absolute atomic E-state index is 0.403. The molecule has 6 heteroatoms. The second-order valence-electron chi connectivity index (χ2n) is 5.50. The SMILES string of the molecule is CC1CCCN(S(=O)(=O)N(C)Cc2ccc(Br)cc2)C1. The van der Waals surface area contributed by atoms with E-state index >= 15 is 0 Å². The first-order chi connectivity index (χ1) is 9.39. The van der Waals surface area contributed by atoms with Gasteiger partial charge in [0.25, 0.3) is 10.2 Å². The van der Waals surface area contributed by atoms with Gasteiger partial charge >= 0.3 is 0 Å². The average Bonchev–Trinajstić information content (AvgIpc) is 2.41. The molecule has 1 aliphatic heterocycles. The maximum absolute atomic E-state index is 12.5. The molecule has 0 saturated carbocycles. The summed E-state index contributed by atoms with van der Waals surface area (Å²) in [6.07, 6.45) is 2.06. The molecule has 0 amide bonds. The minimum Gasteiger partial charge on any atom is -0.195 e. The van der Waals surface area contributed by atoms with Gasteiger partial charge in [-0.25, -0.2) is 0 Å². The zero-order chi connectivity index (χ0) is 14.8. The Balaban J connectivity index is 2.06. The Kier molecular flexibility index (Phi) is 5.23. The Bertz CT molecular complexity index is 545. The molecule has 0 N–H and O–H groups in total. The number of hydrogen-bond donors (Lipinski definition) is 0. The number of piperidine rings is 1. The van der Waals surface area contributed by atoms with Crippen molar-refractivity contribution < 1.29 is 8.42 Å². The van der Waals surface area contributed by atoms with E-state index in [4.69, 9.17) is 0 Å². The van der Waals surface area contributed by atoms with Crippen LogP contribution in [0.4, 0.5) is 0 Å². The largest absolute Gasteiger partial charge is 0.282 e. The summed E-state index contributed by atoms with van der Waals surface area (Å²) >= 11 is 3.38. The van der Waals surface area contributed by atoms with Crippen LogP contribution in [0.1, 0.15) is 25.3 Å². The van der Waals surface area contributed by atoms with E-state index in [1.807, 2.05) is 24.3 Å². The van der Waals surface area contributed by atoms with Gasteiger partial charge in [0, 0.05) is 31.2 Å². The maximum Gasteiger partial charge on any atom is 0.282 e. The van der Waals surface area contributed by atoms with E-state index in [0.717, 1.165) is 22.9 Å². The van der Waals surface area contributed by atoms with Crippen molar-refractivity contribution in [2.75, 3.05) is 20.1 Å². The van der Waals surface area contributed by atoms with Gasteiger partial charge in [0.1, 0.15) is 0 Å². The monoisotopic (exact) mass is 360 g/mol. The van der Waals surface area contributed by atoms with E-state index in [1.54, 1.807) is 11.4 Å². The molecule has 1 aliphatic rings. The van der Waals surface area contributed by atoms with Gasteiger partial charge < -0.3 is 0 Å². The molecule has 1 aromatic carbocycles. The van der Waals surface area contributed by atoms with Crippen molar-refractivity contribution in [1.82, 2.24) is 8.61 Å². The van der Waals surface area contributed by atoms with Gasteiger partial charge in [0.05, 0.1) is 0 Å². The second-order valence-corrected chi connectivity index (χ2v) is 8.45. The lowest BCUT2D eigenvalue weighted by Gasteiger charge is -2.33. The molecule has 1 saturated heterocycles. The van der Waals surface area contributed by atoms with Crippen LogP contribution >= 0.6 is 15.9 Å². The van der Waals surface area contributed by atoms with Crippen molar-refractivity contribution >= 4 is 26.1 Å². The van der Waals surface area contributed by atoms with Crippen LogP contribution in [-0.4, -0.2) is 37.2 Å². The van der Waals surface area contributed by atoms with Crippen molar-refractivity contribution in [3.8, 4) is 0 Å². The van der Waals surface area contributed by atoms with Gasteiger partial charge in [-0.05, 0) is 36.5 Å². The lowest BCUT2D eigenvalue weighted by molar-refractivity contribution is 0.263. The normalized spacial score (nSPS) is 21.3. The van der Waals surface area contributed by atoms with E-state index in [-0.39, 0.29) is 0 Å². The van der Waals surface area contributed by atoms with E-state index in [2.05, 4.69) is 22.9 Å². The predicted molar refractivity (Wildman–Crippen MR) is 84.5 cm³/mol. The highest BCUT2D eigenvalue weighted by Crippen LogP contribution is 2.21. The van der Waals surface area contributed by atoms with Crippen LogP contribution in [0, 0.1) is 5.92 Å². The molecule has 1 unspecified atom stereocenters. The Hall–Kier alpha value is -0.430. The first-order valence-electron chi connectivity index (χ1n) is 6.85. The maximum atomic E-state index is 12.5. The molecule has 1 atom stereocenters. The standard InChI is InChI=1S/C14H21BrN2O2S/c1-12-4-3-9-17(10-12)20(18,19)16(2)11-13-5-7-14(15)8-6-13/h5-8,12H,3-4,9-11H2,1-2H3. The summed E-state index contributed by atoms with van der Waals surface area (Å²) in [5, 5.41) is 0. The lowest BCUT2D eigenvalue weighted by Crippen LogP contribution is -2.45. The van der Waals surface area contributed by atoms with Crippen LogP contribution in [0.15, 0.2) is 28.7 Å². The first-order valence-corrected chi connectivity index (χ1v) is 9.04. The van der Waals surface area contributed by atoms with Gasteiger partial charge in [0.15, 0.2) is 0 Å². The minimum atomic E-state index is -3.35. The molecule has 1 fully saturated rings. The third-order valence-corrected chi connectivity index (χ3v) is 6.09. The number of rotatable bonds is 4. The van der Waals surface area contributed by atoms with E-state index in [1.165, 1.54) is 4.31 Å². The van der Waals surface area contributed by atoms with E-state index < -0.39 is 10.2 Å². The Morgan fingerprint density at radius 1 is 1.35 bits per heavy atom. The van der Waals surface area contributed by atoms with Crippen LogP contribution in [0.3, 0.4) is 0 Å². The molecular weight excluding hydrogens is 340 g/mol. The third-order valence-electron chi connectivity index (χ3n) is 3.66. The average molecular weight is 361 g/mol. The zero-order valence-corrected chi connectivity index (χ0v) is 14.3. The van der Waals surface area contributed by atoms with Crippen LogP contribution in [0.25, 0.3) is 0 Å². The summed E-state index contributed by atoms with van der Waals surface area (Å²) in [6.45, 7) is 3.78. The smallest absolute Gasteiger partial charge is 0.195 e. The highest BCUT2D eigenvalue weighted by atomic mass is 79.9. The van der Waals surface area contributed by atoms with Crippen LogP contribution in [0.2, 0.25) is 0 Å². The third kappa shape index (κ3) is 3.81. The summed E-state index contributed by atoms with van der Waals surface area (Å²) in [5.74, 6) is 0.444. The lowest BCUT2D eigenvalue weighted by atomic mass is 10.0. The van der Waals surface area contributed by atoms with Crippen molar-refractivity contribution in [1.29, 1.82) is 0 Å². The molecule has 1 aromatic rings. The van der Waals surface area contributed by atoms with Gasteiger partial charge in [-0.1, -0.05) is 35.0 Å². The topological polar surface area (TPSA) is 40.6 Å². The summed E-state index contributed by atoms with van der Waals surface area (Å²) < 4.78 is 29.1. The second kappa shape index (κ2) is 6.56. The van der Waals surface area contributed by atoms with Gasteiger partial charge in [0.2, 0.25) is 0 Å². The number of benzene rings is 1. The van der Waals surface area contributed by atoms with Crippen molar-refractivity contribution in [2.45, 2.75) is 26.3 Å². The summed E-state index contributed by atoms with van der Waals surface area (Å²) in [6, 6.07) is 7.74. The van der Waals surface area contributed by atoms with E-state index in [0.29, 0.717) is 25.6 Å². The van der Waals surface area contributed by atoms with Gasteiger partial charge in [-0.15, -0.1) is 0 Å². The van der Waals surface area contributed by atoms with Crippen LogP contribution < -0.4 is 0 Å². The van der Waals surface area contributed by atoms with Gasteiger partial charge in [-0.3, -0.25) is 0 Å². The molecule has 2 rings (SSSR count). The molecule has 0 aliphatic carbocycles. The number of nitrogens with zero attached hydrogens (tertiary/aromatic N) is 2. The quantitative estimate of drug-likeness (QED) is 0.828. The summed E-state index contributed by atoms with van der Waals surface area (Å²) in [7, 11) is -1.70. The zero-order valence-electron chi connectivity index (χ0n) is 11.9. The summed E-state index contributed by atoms with van der Waals surface area (Å²) in [4.78, 5) is 0. The van der Waals surface area contributed by atoms with Crippen molar-refractivity contribution in [3.63, 3.8) is 0 Å². The highest BCUT2D eigenvalue weighted by Gasteiger charge is 2.30. The molecule has 0 radical (unpaired) electrons. The number of hydrogen-bond acceptors (Lipinski definition) is 2. The number of halogens is 1. The molecule has 1 heterocycles. The van der Waals surface area contributed by atoms with Crippen molar-refractivity contribution in [2.24, 2.45) is 5.92 Å². The Morgan fingerprint density at radius 2 is 2.00 bits per heavy atom. The molecule has 4 nitrogen and oxygen atoms in total. The highest BCUT2D eigenvalue weighted by molar-refractivity contribution is 9.10. The van der Waals surface area contributed by atoms with Crippen LogP contribution in [0.5, 0.6) is 0 Å². The molecule has 0 spiro atoms. The van der Waals surface area contributed by atoms with Crippen molar-refractivity contribution in [3.05, 3.63) is 34.3 Å². The van der Waals surface area contributed by atoms with E-state index in [9.17, 15) is 8.42 Å². The fourth-order valence-electron chi connectivity index (χ4n) is 2.48. The fourth-order valence-corrected chi connectivity index (χ4v) is 4.25. The predicted octanol–water partition coefficient (Wildman–Crippen LogP) is 2.86. The van der Waals surface area contributed by atoms with Gasteiger partial charge in [-0.2, -0.15) is 17.0 Å². The molecule has 0 bridgehead atoms. The summed E-state index contributed by atoms with van der Waals surface area (Å²) in [5.41, 5.74) is 0.990. The van der Waals surface area contributed by atoms with Crippen LogP contribution in [-0.2, 0) is 16.8 Å². The Labute approximate surface area is 130 Å². The molecule has 20 heavy (non-hydrogen) atoms.